The Morgan fingerprint density at radius 3 is 1.50 bits per heavy atom. The lowest BCUT2D eigenvalue weighted by Gasteiger charge is -2.12. The van der Waals surface area contributed by atoms with Crippen LogP contribution in [0.3, 0.4) is 0 Å². The Kier molecular flexibility index (Phi) is 17.4. The minimum absolute atomic E-state index is 0.0126. The van der Waals surface area contributed by atoms with Crippen LogP contribution in [0.4, 0.5) is 0 Å². The predicted octanol–water partition coefficient (Wildman–Crippen LogP) is 6.99. The van der Waals surface area contributed by atoms with E-state index < -0.39 is 0 Å². The summed E-state index contributed by atoms with van der Waals surface area (Å²) in [5.41, 5.74) is 0. The summed E-state index contributed by atoms with van der Waals surface area (Å²) in [5.74, 6) is -0.0126. The lowest BCUT2D eigenvalue weighted by Crippen LogP contribution is -2.36. The minimum Gasteiger partial charge on any atom is -0.353 e. The van der Waals surface area contributed by atoms with Gasteiger partial charge in [-0.1, -0.05) is 96.8 Å². The monoisotopic (exact) mass is 359 g/mol. The number of carbonyl (C=O) groups excluding carboxylic acids is 1. The predicted molar refractivity (Wildman–Crippen MR) is 108 cm³/mol. The summed E-state index contributed by atoms with van der Waals surface area (Å²) < 4.78 is 0. The number of amides is 1. The largest absolute Gasteiger partial charge is 0.353 e. The SMILES string of the molecule is CCCCCCCCCCCCCCCCC(Cl)C(=O)NC(C)C. The van der Waals surface area contributed by atoms with Crippen molar-refractivity contribution in [2.45, 2.75) is 129 Å². The van der Waals surface area contributed by atoms with Gasteiger partial charge in [-0.2, -0.15) is 0 Å². The smallest absolute Gasteiger partial charge is 0.238 e. The Balaban J connectivity index is 3.21. The molecule has 0 fully saturated rings. The molecular weight excluding hydrogens is 318 g/mol. The fraction of sp³-hybridized carbons (Fsp3) is 0.952. The van der Waals surface area contributed by atoms with Crippen molar-refractivity contribution in [3.63, 3.8) is 0 Å². The first-order chi connectivity index (χ1) is 11.6. The first kappa shape index (κ1) is 23.8. The average molecular weight is 360 g/mol. The molecule has 0 saturated heterocycles. The molecule has 1 atom stereocenters. The molecule has 0 aliphatic carbocycles. The molecule has 144 valence electrons. The van der Waals surface area contributed by atoms with Crippen LogP contribution in [0.15, 0.2) is 0 Å². The van der Waals surface area contributed by atoms with Gasteiger partial charge in [0.2, 0.25) is 5.91 Å². The molecule has 0 rings (SSSR count). The molecule has 0 aliphatic heterocycles. The van der Waals surface area contributed by atoms with Crippen molar-refractivity contribution in [1.82, 2.24) is 5.32 Å². The molecule has 0 aromatic carbocycles. The molecule has 1 N–H and O–H groups in total. The number of hydrogen-bond acceptors (Lipinski definition) is 1. The first-order valence-corrected chi connectivity index (χ1v) is 11.0. The van der Waals surface area contributed by atoms with Crippen LogP contribution >= 0.6 is 11.6 Å². The van der Waals surface area contributed by atoms with Crippen molar-refractivity contribution in [3.05, 3.63) is 0 Å². The zero-order valence-corrected chi connectivity index (χ0v) is 17.3. The Bertz CT molecular complexity index is 281. The molecule has 0 bridgehead atoms. The van der Waals surface area contributed by atoms with E-state index in [1.54, 1.807) is 0 Å². The average Bonchev–Trinajstić information content (AvgIpc) is 2.54. The highest BCUT2D eigenvalue weighted by atomic mass is 35.5. The summed E-state index contributed by atoms with van der Waals surface area (Å²) in [5, 5.41) is 2.51. The van der Waals surface area contributed by atoms with Gasteiger partial charge in [-0.05, 0) is 20.3 Å². The van der Waals surface area contributed by atoms with E-state index in [2.05, 4.69) is 12.2 Å². The van der Waals surface area contributed by atoms with Gasteiger partial charge in [-0.15, -0.1) is 11.6 Å². The Labute approximate surface area is 156 Å². The van der Waals surface area contributed by atoms with Crippen LogP contribution in [-0.4, -0.2) is 17.3 Å². The third-order valence-electron chi connectivity index (χ3n) is 4.53. The lowest BCUT2D eigenvalue weighted by atomic mass is 10.0. The van der Waals surface area contributed by atoms with Gasteiger partial charge < -0.3 is 5.32 Å². The van der Waals surface area contributed by atoms with E-state index in [0.29, 0.717) is 0 Å². The molecule has 1 unspecified atom stereocenters. The third-order valence-corrected chi connectivity index (χ3v) is 4.94. The summed E-state index contributed by atoms with van der Waals surface area (Å²) in [6.07, 6.45) is 19.8. The van der Waals surface area contributed by atoms with Gasteiger partial charge in [0.1, 0.15) is 5.38 Å². The van der Waals surface area contributed by atoms with E-state index >= 15 is 0 Å². The molecule has 0 radical (unpaired) electrons. The molecule has 0 aromatic rings. The Morgan fingerprint density at radius 1 is 0.750 bits per heavy atom. The number of rotatable bonds is 17. The normalized spacial score (nSPS) is 12.5. The number of unbranched alkanes of at least 4 members (excludes halogenated alkanes) is 13. The number of hydrogen-bond donors (Lipinski definition) is 1. The molecule has 1 amide bonds. The summed E-state index contributed by atoms with van der Waals surface area (Å²) in [4.78, 5) is 11.7. The van der Waals surface area contributed by atoms with Crippen molar-refractivity contribution in [2.24, 2.45) is 0 Å². The second-order valence-corrected chi connectivity index (χ2v) is 8.04. The summed E-state index contributed by atoms with van der Waals surface area (Å²) in [6, 6.07) is 0.176. The maximum atomic E-state index is 11.7. The number of nitrogens with one attached hydrogen (secondary N) is 1. The molecule has 0 saturated carbocycles. The Morgan fingerprint density at radius 2 is 1.12 bits per heavy atom. The highest BCUT2D eigenvalue weighted by molar-refractivity contribution is 6.30. The van der Waals surface area contributed by atoms with E-state index in [0.717, 1.165) is 12.8 Å². The van der Waals surface area contributed by atoms with E-state index in [-0.39, 0.29) is 17.3 Å². The van der Waals surface area contributed by atoms with Crippen LogP contribution in [0, 0.1) is 0 Å². The summed E-state index contributed by atoms with van der Waals surface area (Å²) in [6.45, 7) is 6.21. The quantitative estimate of drug-likeness (QED) is 0.220. The zero-order chi connectivity index (χ0) is 18.0. The van der Waals surface area contributed by atoms with Crippen molar-refractivity contribution in [3.8, 4) is 0 Å². The van der Waals surface area contributed by atoms with Crippen molar-refractivity contribution in [2.75, 3.05) is 0 Å². The standard InChI is InChI=1S/C21H42ClNO/c1-4-5-6-7-8-9-10-11-12-13-14-15-16-17-18-20(22)21(24)23-19(2)3/h19-20H,4-18H2,1-3H3,(H,23,24). The van der Waals surface area contributed by atoms with Crippen molar-refractivity contribution < 1.29 is 4.79 Å². The van der Waals surface area contributed by atoms with Crippen LogP contribution in [0.25, 0.3) is 0 Å². The van der Waals surface area contributed by atoms with Crippen molar-refractivity contribution in [1.29, 1.82) is 0 Å². The molecule has 0 heterocycles. The van der Waals surface area contributed by atoms with Gasteiger partial charge in [0.25, 0.3) is 0 Å². The fourth-order valence-corrected chi connectivity index (χ4v) is 3.24. The number of carbonyl (C=O) groups is 1. The van der Waals surface area contributed by atoms with Gasteiger partial charge in [0, 0.05) is 6.04 Å². The molecular formula is C21H42ClNO. The molecule has 2 nitrogen and oxygen atoms in total. The van der Waals surface area contributed by atoms with E-state index in [9.17, 15) is 4.79 Å². The fourth-order valence-electron chi connectivity index (χ4n) is 3.02. The van der Waals surface area contributed by atoms with Gasteiger partial charge >= 0.3 is 0 Å². The highest BCUT2D eigenvalue weighted by Crippen LogP contribution is 2.15. The second-order valence-electron chi connectivity index (χ2n) is 7.52. The number of alkyl halides is 1. The third kappa shape index (κ3) is 16.6. The Hall–Kier alpha value is -0.240. The molecule has 3 heteroatoms. The maximum Gasteiger partial charge on any atom is 0.238 e. The first-order valence-electron chi connectivity index (χ1n) is 10.5. The zero-order valence-electron chi connectivity index (χ0n) is 16.5. The molecule has 0 spiro atoms. The van der Waals surface area contributed by atoms with Gasteiger partial charge in [-0.3, -0.25) is 4.79 Å². The lowest BCUT2D eigenvalue weighted by molar-refractivity contribution is -0.121. The van der Waals surface area contributed by atoms with Crippen LogP contribution in [-0.2, 0) is 4.79 Å². The van der Waals surface area contributed by atoms with Gasteiger partial charge in [0.05, 0.1) is 0 Å². The van der Waals surface area contributed by atoms with E-state index in [1.807, 2.05) is 13.8 Å². The minimum atomic E-state index is -0.357. The van der Waals surface area contributed by atoms with Crippen LogP contribution in [0.2, 0.25) is 0 Å². The second kappa shape index (κ2) is 17.6. The molecule has 0 aromatic heterocycles. The van der Waals surface area contributed by atoms with E-state index in [1.165, 1.54) is 83.5 Å². The summed E-state index contributed by atoms with van der Waals surface area (Å²) >= 11 is 6.11. The highest BCUT2D eigenvalue weighted by Gasteiger charge is 2.14. The topological polar surface area (TPSA) is 29.1 Å². The van der Waals surface area contributed by atoms with E-state index in [4.69, 9.17) is 11.6 Å². The molecule has 24 heavy (non-hydrogen) atoms. The van der Waals surface area contributed by atoms with Crippen LogP contribution < -0.4 is 5.32 Å². The van der Waals surface area contributed by atoms with Gasteiger partial charge in [-0.25, -0.2) is 0 Å². The number of halogens is 1. The maximum absolute atomic E-state index is 11.7. The van der Waals surface area contributed by atoms with Crippen LogP contribution in [0.1, 0.15) is 117 Å². The van der Waals surface area contributed by atoms with Crippen molar-refractivity contribution >= 4 is 17.5 Å². The van der Waals surface area contributed by atoms with Crippen LogP contribution in [0.5, 0.6) is 0 Å². The molecule has 0 aliphatic rings. The summed E-state index contributed by atoms with van der Waals surface area (Å²) in [7, 11) is 0. The van der Waals surface area contributed by atoms with Gasteiger partial charge in [0.15, 0.2) is 0 Å².